The van der Waals surface area contributed by atoms with E-state index in [-0.39, 0.29) is 17.8 Å². The Hall–Kier alpha value is -0.910. The Morgan fingerprint density at radius 1 is 1.14 bits per heavy atom. The number of hydrogen-bond acceptors (Lipinski definition) is 4. The average molecular weight is 325 g/mol. The van der Waals surface area contributed by atoms with Crippen LogP contribution in [-0.2, 0) is 15.3 Å². The lowest BCUT2D eigenvalue weighted by atomic mass is 9.87. The molecule has 4 nitrogen and oxygen atoms in total. The van der Waals surface area contributed by atoms with E-state index in [0.717, 1.165) is 18.4 Å². The monoisotopic (exact) mass is 325 g/mol. The van der Waals surface area contributed by atoms with Gasteiger partial charge in [-0.1, -0.05) is 32.9 Å². The fourth-order valence-corrected chi connectivity index (χ4v) is 3.82. The second-order valence-electron chi connectivity index (χ2n) is 7.08. The molecule has 1 saturated carbocycles. The van der Waals surface area contributed by atoms with Crippen molar-refractivity contribution in [2.45, 2.75) is 50.0 Å². The smallest absolute Gasteiger partial charge is 0.179 e. The number of aliphatic hydroxyl groups excluding tert-OH is 1. The van der Waals surface area contributed by atoms with Gasteiger partial charge < -0.3 is 5.11 Å². The van der Waals surface area contributed by atoms with E-state index < -0.39 is 9.84 Å². The van der Waals surface area contributed by atoms with Crippen LogP contribution in [0.5, 0.6) is 0 Å². The quantitative estimate of drug-likeness (QED) is 0.835. The van der Waals surface area contributed by atoms with Crippen molar-refractivity contribution < 1.29 is 13.5 Å². The molecule has 0 bridgehead atoms. The van der Waals surface area contributed by atoms with Gasteiger partial charge in [0.05, 0.1) is 17.3 Å². The van der Waals surface area contributed by atoms with Gasteiger partial charge in [0.1, 0.15) is 0 Å². The van der Waals surface area contributed by atoms with E-state index in [1.54, 1.807) is 12.1 Å². The predicted octanol–water partition coefficient (Wildman–Crippen LogP) is 2.21. The van der Waals surface area contributed by atoms with Gasteiger partial charge in [-0.25, -0.2) is 8.42 Å². The molecule has 0 aromatic heterocycles. The SMILES string of the molecule is CC(C)(C)c1ccc(S(=O)(=O)CCN(CCO)C2CC2)cc1. The van der Waals surface area contributed by atoms with E-state index in [4.69, 9.17) is 5.11 Å². The van der Waals surface area contributed by atoms with Gasteiger partial charge in [-0.2, -0.15) is 0 Å². The van der Waals surface area contributed by atoms with Crippen LogP contribution in [0, 0.1) is 0 Å². The number of aliphatic hydroxyl groups is 1. The molecule has 0 aliphatic heterocycles. The van der Waals surface area contributed by atoms with E-state index in [2.05, 4.69) is 25.7 Å². The molecule has 0 heterocycles. The number of sulfone groups is 1. The van der Waals surface area contributed by atoms with Gasteiger partial charge in [-0.3, -0.25) is 4.90 Å². The highest BCUT2D eigenvalue weighted by Crippen LogP contribution is 2.27. The third kappa shape index (κ3) is 4.54. The number of nitrogens with zero attached hydrogens (tertiary/aromatic N) is 1. The minimum atomic E-state index is -3.26. The summed E-state index contributed by atoms with van der Waals surface area (Å²) < 4.78 is 24.9. The van der Waals surface area contributed by atoms with Crippen molar-refractivity contribution in [1.82, 2.24) is 4.90 Å². The fraction of sp³-hybridized carbons (Fsp3) is 0.647. The van der Waals surface area contributed by atoms with Crippen molar-refractivity contribution in [3.05, 3.63) is 29.8 Å². The lowest BCUT2D eigenvalue weighted by Crippen LogP contribution is -2.33. The zero-order chi connectivity index (χ0) is 16.4. The summed E-state index contributed by atoms with van der Waals surface area (Å²) >= 11 is 0. The van der Waals surface area contributed by atoms with Gasteiger partial charge in [0.15, 0.2) is 9.84 Å². The third-order valence-electron chi connectivity index (χ3n) is 4.18. The van der Waals surface area contributed by atoms with Gasteiger partial charge >= 0.3 is 0 Å². The van der Waals surface area contributed by atoms with Crippen LogP contribution in [0.3, 0.4) is 0 Å². The van der Waals surface area contributed by atoms with E-state index in [1.807, 2.05) is 12.1 Å². The number of hydrogen-bond donors (Lipinski definition) is 1. The third-order valence-corrected chi connectivity index (χ3v) is 5.89. The molecule has 5 heteroatoms. The highest BCUT2D eigenvalue weighted by atomic mass is 32.2. The molecular weight excluding hydrogens is 298 g/mol. The standard InChI is InChI=1S/C17H27NO3S/c1-17(2,3)14-4-8-16(9-5-14)22(20,21)13-11-18(10-12-19)15-6-7-15/h4-5,8-9,15,19H,6-7,10-13H2,1-3H3. The first-order chi connectivity index (χ1) is 10.2. The Bertz CT molecular complexity index is 583. The number of rotatable bonds is 7. The molecule has 1 fully saturated rings. The maximum Gasteiger partial charge on any atom is 0.179 e. The van der Waals surface area contributed by atoms with E-state index in [9.17, 15) is 8.42 Å². The first-order valence-corrected chi connectivity index (χ1v) is 9.57. The van der Waals surface area contributed by atoms with Crippen LogP contribution in [0.2, 0.25) is 0 Å². The van der Waals surface area contributed by atoms with E-state index in [1.165, 1.54) is 0 Å². The molecule has 2 rings (SSSR count). The van der Waals surface area contributed by atoms with Crippen molar-refractivity contribution in [3.8, 4) is 0 Å². The maximum absolute atomic E-state index is 12.5. The lowest BCUT2D eigenvalue weighted by molar-refractivity contribution is 0.196. The topological polar surface area (TPSA) is 57.6 Å². The Kier molecular flexibility index (Phi) is 5.30. The zero-order valence-corrected chi connectivity index (χ0v) is 14.6. The molecular formula is C17H27NO3S. The van der Waals surface area contributed by atoms with Crippen molar-refractivity contribution in [1.29, 1.82) is 0 Å². The summed E-state index contributed by atoms with van der Waals surface area (Å²) in [6.07, 6.45) is 2.22. The minimum absolute atomic E-state index is 0.0200. The molecule has 0 amide bonds. The summed E-state index contributed by atoms with van der Waals surface area (Å²) in [5.74, 6) is 0.109. The van der Waals surface area contributed by atoms with Crippen molar-refractivity contribution in [2.75, 3.05) is 25.4 Å². The molecule has 0 unspecified atom stereocenters. The molecule has 0 saturated heterocycles. The van der Waals surface area contributed by atoms with Crippen molar-refractivity contribution >= 4 is 9.84 Å². The first kappa shape index (κ1) is 17.4. The van der Waals surface area contributed by atoms with Gasteiger partial charge in [0.2, 0.25) is 0 Å². The predicted molar refractivity (Wildman–Crippen MR) is 88.9 cm³/mol. The summed E-state index contributed by atoms with van der Waals surface area (Å²) in [6, 6.07) is 7.69. The average Bonchev–Trinajstić information content (AvgIpc) is 3.27. The van der Waals surface area contributed by atoms with Crippen LogP contribution >= 0.6 is 0 Å². The van der Waals surface area contributed by atoms with Crippen LogP contribution in [0.4, 0.5) is 0 Å². The molecule has 1 N–H and O–H groups in total. The normalized spacial score (nSPS) is 16.2. The van der Waals surface area contributed by atoms with Crippen molar-refractivity contribution in [3.63, 3.8) is 0 Å². The highest BCUT2D eigenvalue weighted by Gasteiger charge is 2.29. The summed E-state index contributed by atoms with van der Waals surface area (Å²) in [5.41, 5.74) is 1.15. The highest BCUT2D eigenvalue weighted by molar-refractivity contribution is 7.91. The molecule has 22 heavy (non-hydrogen) atoms. The molecule has 1 aromatic carbocycles. The van der Waals surface area contributed by atoms with Crippen molar-refractivity contribution in [2.24, 2.45) is 0 Å². The number of benzene rings is 1. The van der Waals surface area contributed by atoms with Gasteiger partial charge in [0.25, 0.3) is 0 Å². The fourth-order valence-electron chi connectivity index (χ4n) is 2.56. The summed E-state index contributed by atoms with van der Waals surface area (Å²) in [4.78, 5) is 2.47. The van der Waals surface area contributed by atoms with E-state index in [0.29, 0.717) is 24.0 Å². The minimum Gasteiger partial charge on any atom is -0.395 e. The van der Waals surface area contributed by atoms with Crippen LogP contribution in [0.25, 0.3) is 0 Å². The second kappa shape index (κ2) is 6.69. The van der Waals surface area contributed by atoms with E-state index >= 15 is 0 Å². The summed E-state index contributed by atoms with van der Waals surface area (Å²) in [6.45, 7) is 7.46. The Balaban J connectivity index is 2.03. The molecule has 1 aliphatic carbocycles. The second-order valence-corrected chi connectivity index (χ2v) is 9.19. The maximum atomic E-state index is 12.5. The molecule has 1 aliphatic rings. The van der Waals surface area contributed by atoms with Gasteiger partial charge in [0, 0.05) is 19.1 Å². The van der Waals surface area contributed by atoms with Crippen LogP contribution in [-0.4, -0.2) is 49.9 Å². The Labute approximate surface area is 134 Å². The Morgan fingerprint density at radius 3 is 2.18 bits per heavy atom. The first-order valence-electron chi connectivity index (χ1n) is 7.92. The summed E-state index contributed by atoms with van der Waals surface area (Å²) in [5, 5.41) is 9.08. The molecule has 0 radical (unpaired) electrons. The van der Waals surface area contributed by atoms with Gasteiger partial charge in [-0.15, -0.1) is 0 Å². The molecule has 0 spiro atoms. The van der Waals surface area contributed by atoms with Crippen LogP contribution < -0.4 is 0 Å². The summed E-state index contributed by atoms with van der Waals surface area (Å²) in [7, 11) is -3.26. The molecule has 1 aromatic rings. The van der Waals surface area contributed by atoms with Gasteiger partial charge in [-0.05, 0) is 36.0 Å². The zero-order valence-electron chi connectivity index (χ0n) is 13.7. The van der Waals surface area contributed by atoms with Crippen LogP contribution in [0.15, 0.2) is 29.2 Å². The largest absolute Gasteiger partial charge is 0.395 e. The lowest BCUT2D eigenvalue weighted by Gasteiger charge is -2.21. The molecule has 124 valence electrons. The van der Waals surface area contributed by atoms with Crippen LogP contribution in [0.1, 0.15) is 39.2 Å². The Morgan fingerprint density at radius 2 is 1.73 bits per heavy atom. The molecule has 0 atom stereocenters.